The first-order valence-corrected chi connectivity index (χ1v) is 9.33. The fourth-order valence-corrected chi connectivity index (χ4v) is 3.26. The van der Waals surface area contributed by atoms with E-state index in [1.165, 1.54) is 6.07 Å². The monoisotopic (exact) mass is 423 g/mol. The molecule has 0 bridgehead atoms. The van der Waals surface area contributed by atoms with Crippen LogP contribution in [-0.2, 0) is 20.7 Å². The molecule has 0 aromatic heterocycles. The van der Waals surface area contributed by atoms with Crippen LogP contribution in [-0.4, -0.2) is 30.7 Å². The topological polar surface area (TPSA) is 73.9 Å². The molecule has 6 nitrogen and oxygen atoms in total. The summed E-state index contributed by atoms with van der Waals surface area (Å²) in [5.41, 5.74) is 1.08. The molecule has 0 aliphatic carbocycles. The number of ether oxygens (including phenoxy) is 3. The summed E-state index contributed by atoms with van der Waals surface area (Å²) in [6, 6.07) is 10.2. The minimum atomic E-state index is -0.674. The van der Waals surface area contributed by atoms with Crippen molar-refractivity contribution >= 4 is 40.8 Å². The zero-order chi connectivity index (χ0) is 20.3. The first-order chi connectivity index (χ1) is 13.2. The largest absolute Gasteiger partial charge is 0.483 e. The Morgan fingerprint density at radius 3 is 2.71 bits per heavy atom. The van der Waals surface area contributed by atoms with Crippen LogP contribution in [0.2, 0.25) is 10.0 Å². The molecule has 0 saturated carbocycles. The molecular weight excluding hydrogens is 405 g/mol. The van der Waals surface area contributed by atoms with Crippen LogP contribution in [0.5, 0.6) is 11.5 Å². The van der Waals surface area contributed by atoms with E-state index in [0.29, 0.717) is 22.2 Å². The second-order valence-electron chi connectivity index (χ2n) is 6.90. The van der Waals surface area contributed by atoms with Crippen molar-refractivity contribution in [1.29, 1.82) is 0 Å². The second kappa shape index (κ2) is 8.29. The summed E-state index contributed by atoms with van der Waals surface area (Å²) in [4.78, 5) is 23.8. The van der Waals surface area contributed by atoms with Crippen LogP contribution in [0.1, 0.15) is 19.4 Å². The molecule has 0 fully saturated rings. The van der Waals surface area contributed by atoms with Gasteiger partial charge in [0.25, 0.3) is 5.91 Å². The van der Waals surface area contributed by atoms with Gasteiger partial charge in [0.15, 0.2) is 24.7 Å². The number of esters is 1. The van der Waals surface area contributed by atoms with Crippen molar-refractivity contribution in [3.05, 3.63) is 52.0 Å². The molecular formula is C20H19Cl2NO5. The molecule has 1 heterocycles. The number of nitrogens with one attached hydrogen (secondary N) is 1. The van der Waals surface area contributed by atoms with Gasteiger partial charge in [0.1, 0.15) is 5.60 Å². The van der Waals surface area contributed by atoms with E-state index in [1.54, 1.807) is 18.2 Å². The van der Waals surface area contributed by atoms with Crippen LogP contribution in [0.4, 0.5) is 5.69 Å². The maximum atomic E-state index is 11.9. The van der Waals surface area contributed by atoms with E-state index >= 15 is 0 Å². The van der Waals surface area contributed by atoms with Crippen molar-refractivity contribution in [2.45, 2.75) is 25.9 Å². The molecule has 0 saturated heterocycles. The molecule has 1 amide bonds. The third-order valence-electron chi connectivity index (χ3n) is 3.97. The summed E-state index contributed by atoms with van der Waals surface area (Å²) in [6.07, 6.45) is 0.761. The van der Waals surface area contributed by atoms with Crippen LogP contribution < -0.4 is 14.8 Å². The Hall–Kier alpha value is -2.44. The molecule has 0 spiro atoms. The Balaban J connectivity index is 1.48. The predicted molar refractivity (Wildman–Crippen MR) is 106 cm³/mol. The molecule has 28 heavy (non-hydrogen) atoms. The van der Waals surface area contributed by atoms with Crippen LogP contribution in [0.25, 0.3) is 0 Å². The maximum absolute atomic E-state index is 11.9. The smallest absolute Gasteiger partial charge is 0.344 e. The maximum Gasteiger partial charge on any atom is 0.344 e. The van der Waals surface area contributed by atoms with Crippen molar-refractivity contribution in [3.63, 3.8) is 0 Å². The summed E-state index contributed by atoms with van der Waals surface area (Å²) in [6.45, 7) is 3.17. The molecule has 1 N–H and O–H groups in total. The van der Waals surface area contributed by atoms with E-state index in [-0.39, 0.29) is 17.2 Å². The third-order valence-corrected chi connectivity index (χ3v) is 4.52. The fraction of sp³-hybridized carbons (Fsp3) is 0.300. The molecule has 8 heteroatoms. The zero-order valence-electron chi connectivity index (χ0n) is 15.4. The lowest BCUT2D eigenvalue weighted by molar-refractivity contribution is -0.149. The minimum absolute atomic E-state index is 0.288. The highest BCUT2D eigenvalue weighted by atomic mass is 35.5. The number of hydrogen-bond donors (Lipinski definition) is 1. The molecule has 1 aliphatic rings. The Bertz CT molecular complexity index is 913. The van der Waals surface area contributed by atoms with Gasteiger partial charge in [-0.05, 0) is 38.1 Å². The van der Waals surface area contributed by atoms with E-state index in [1.807, 2.05) is 26.0 Å². The summed E-state index contributed by atoms with van der Waals surface area (Å²) in [5.74, 6) is -0.0942. The zero-order valence-corrected chi connectivity index (χ0v) is 16.9. The molecule has 0 unspecified atom stereocenters. The first-order valence-electron chi connectivity index (χ1n) is 8.58. The second-order valence-corrected chi connectivity index (χ2v) is 7.75. The lowest BCUT2D eigenvalue weighted by Crippen LogP contribution is -2.25. The van der Waals surface area contributed by atoms with E-state index in [4.69, 9.17) is 37.4 Å². The summed E-state index contributed by atoms with van der Waals surface area (Å²) < 4.78 is 16.3. The lowest BCUT2D eigenvalue weighted by atomic mass is 10.0. The number of benzene rings is 2. The van der Waals surface area contributed by atoms with E-state index in [0.717, 1.165) is 12.0 Å². The van der Waals surface area contributed by atoms with Gasteiger partial charge in [-0.2, -0.15) is 0 Å². The number of carbonyl (C=O) groups is 2. The average molecular weight is 424 g/mol. The Kier molecular flexibility index (Phi) is 6.01. The molecule has 0 radical (unpaired) electrons. The average Bonchev–Trinajstić information content (AvgIpc) is 2.95. The van der Waals surface area contributed by atoms with Gasteiger partial charge < -0.3 is 19.5 Å². The van der Waals surface area contributed by atoms with Crippen molar-refractivity contribution in [3.8, 4) is 11.5 Å². The Morgan fingerprint density at radius 2 is 1.96 bits per heavy atom. The van der Waals surface area contributed by atoms with Crippen molar-refractivity contribution < 1.29 is 23.8 Å². The number of carbonyl (C=O) groups excluding carboxylic acids is 2. The van der Waals surface area contributed by atoms with E-state index in [9.17, 15) is 9.59 Å². The highest BCUT2D eigenvalue weighted by molar-refractivity contribution is 6.36. The molecule has 3 rings (SSSR count). The van der Waals surface area contributed by atoms with Gasteiger partial charge in [-0.25, -0.2) is 4.79 Å². The van der Waals surface area contributed by atoms with Gasteiger partial charge in [0.2, 0.25) is 0 Å². The number of halogens is 2. The quantitative estimate of drug-likeness (QED) is 0.702. The lowest BCUT2D eigenvalue weighted by Gasteiger charge is -2.18. The van der Waals surface area contributed by atoms with E-state index in [2.05, 4.69) is 5.32 Å². The fourth-order valence-electron chi connectivity index (χ4n) is 2.80. The molecule has 1 aliphatic heterocycles. The van der Waals surface area contributed by atoms with Gasteiger partial charge in [0, 0.05) is 17.0 Å². The Morgan fingerprint density at radius 1 is 1.18 bits per heavy atom. The molecule has 148 valence electrons. The van der Waals surface area contributed by atoms with E-state index < -0.39 is 18.5 Å². The number of amides is 1. The van der Waals surface area contributed by atoms with Gasteiger partial charge in [-0.3, -0.25) is 4.79 Å². The van der Waals surface area contributed by atoms with Crippen LogP contribution in [0.15, 0.2) is 36.4 Å². The number of rotatable bonds is 6. The SMILES string of the molecule is CC1(C)Cc2cccc(OCC(=O)OCC(=O)Nc3ccc(Cl)cc3Cl)c2O1. The third kappa shape index (κ3) is 5.09. The van der Waals surface area contributed by atoms with Crippen LogP contribution >= 0.6 is 23.2 Å². The van der Waals surface area contributed by atoms with Crippen molar-refractivity contribution in [1.82, 2.24) is 0 Å². The number of para-hydroxylation sites is 1. The van der Waals surface area contributed by atoms with Crippen LogP contribution in [0, 0.1) is 0 Å². The number of fused-ring (bicyclic) bond motifs is 1. The molecule has 2 aromatic rings. The Labute approximate surface area is 172 Å². The van der Waals surface area contributed by atoms with Gasteiger partial charge >= 0.3 is 5.97 Å². The number of hydrogen-bond acceptors (Lipinski definition) is 5. The number of anilines is 1. The highest BCUT2D eigenvalue weighted by Gasteiger charge is 2.32. The first kappa shape index (κ1) is 20.3. The van der Waals surface area contributed by atoms with Crippen molar-refractivity contribution in [2.24, 2.45) is 0 Å². The van der Waals surface area contributed by atoms with Gasteiger partial charge in [-0.15, -0.1) is 0 Å². The molecule has 2 aromatic carbocycles. The summed E-state index contributed by atoms with van der Waals surface area (Å²) in [5, 5.41) is 3.28. The summed E-state index contributed by atoms with van der Waals surface area (Å²) in [7, 11) is 0. The van der Waals surface area contributed by atoms with Crippen molar-refractivity contribution in [2.75, 3.05) is 18.5 Å². The highest BCUT2D eigenvalue weighted by Crippen LogP contribution is 2.41. The van der Waals surface area contributed by atoms with Gasteiger partial charge in [-0.1, -0.05) is 35.3 Å². The molecule has 0 atom stereocenters. The standard InChI is InChI=1S/C20H19Cl2NO5/c1-20(2)9-12-4-3-5-16(19(12)28-20)26-11-18(25)27-10-17(24)23-15-7-6-13(21)8-14(15)22/h3-8H,9-11H2,1-2H3,(H,23,24). The summed E-state index contributed by atoms with van der Waals surface area (Å²) >= 11 is 11.8. The van der Waals surface area contributed by atoms with Gasteiger partial charge in [0.05, 0.1) is 10.7 Å². The minimum Gasteiger partial charge on any atom is -0.483 e. The normalized spacial score (nSPS) is 14.0. The van der Waals surface area contributed by atoms with Crippen LogP contribution in [0.3, 0.4) is 0 Å². The predicted octanol–water partition coefficient (Wildman–Crippen LogP) is 4.27.